The van der Waals surface area contributed by atoms with E-state index < -0.39 is 0 Å². The second-order valence-corrected chi connectivity index (χ2v) is 5.59. The predicted molar refractivity (Wildman–Crippen MR) is 87.3 cm³/mol. The number of hydrogen-bond acceptors (Lipinski definition) is 2. The Morgan fingerprint density at radius 1 is 1.18 bits per heavy atom. The molecule has 0 radical (unpaired) electrons. The minimum Gasteiger partial charge on any atom is -0.330 e. The van der Waals surface area contributed by atoms with E-state index in [2.05, 4.69) is 29.7 Å². The monoisotopic (exact) mass is 297 g/mol. The minimum atomic E-state index is -0.179. The summed E-state index contributed by atoms with van der Waals surface area (Å²) in [6.07, 6.45) is 1.68. The summed E-state index contributed by atoms with van der Waals surface area (Å²) < 4.78 is 16.1. The van der Waals surface area contributed by atoms with E-state index in [1.165, 1.54) is 11.6 Å². The first kappa shape index (κ1) is 14.7. The summed E-state index contributed by atoms with van der Waals surface area (Å²) >= 11 is 0. The standard InChI is InChI=1S/C18H20FN3/c1-13-8-9-17-16(11-13)21-18(7-4-10-20)22(17)12-14-5-2-3-6-15(14)19/h2-3,5-6,8-9,11H,4,7,10,12,20H2,1H3. The quantitative estimate of drug-likeness (QED) is 0.784. The van der Waals surface area contributed by atoms with Crippen molar-refractivity contribution in [2.45, 2.75) is 26.3 Å². The molecule has 22 heavy (non-hydrogen) atoms. The third kappa shape index (κ3) is 2.88. The predicted octanol–water partition coefficient (Wildman–Crippen LogP) is 3.42. The molecule has 0 unspecified atom stereocenters. The van der Waals surface area contributed by atoms with Gasteiger partial charge in [-0.3, -0.25) is 0 Å². The molecule has 0 fully saturated rings. The molecule has 0 atom stereocenters. The van der Waals surface area contributed by atoms with Crippen LogP contribution >= 0.6 is 0 Å². The highest BCUT2D eigenvalue weighted by atomic mass is 19.1. The van der Waals surface area contributed by atoms with E-state index in [0.29, 0.717) is 18.7 Å². The van der Waals surface area contributed by atoms with Crippen LogP contribution in [0, 0.1) is 12.7 Å². The summed E-state index contributed by atoms with van der Waals surface area (Å²) in [6, 6.07) is 13.1. The summed E-state index contributed by atoms with van der Waals surface area (Å²) in [5.74, 6) is 0.788. The molecule has 3 rings (SSSR count). The van der Waals surface area contributed by atoms with Crippen molar-refractivity contribution in [3.8, 4) is 0 Å². The maximum absolute atomic E-state index is 14.0. The van der Waals surface area contributed by atoms with Gasteiger partial charge in [-0.25, -0.2) is 9.37 Å². The lowest BCUT2D eigenvalue weighted by molar-refractivity contribution is 0.595. The zero-order chi connectivity index (χ0) is 15.5. The van der Waals surface area contributed by atoms with E-state index in [1.54, 1.807) is 6.07 Å². The van der Waals surface area contributed by atoms with Gasteiger partial charge in [0.05, 0.1) is 17.6 Å². The number of nitrogens with two attached hydrogens (primary N) is 1. The highest BCUT2D eigenvalue weighted by Crippen LogP contribution is 2.21. The Bertz CT molecular complexity index is 792. The molecule has 4 heteroatoms. The minimum absolute atomic E-state index is 0.179. The molecule has 0 amide bonds. The SMILES string of the molecule is Cc1ccc2c(c1)nc(CCCN)n2Cc1ccccc1F. The van der Waals surface area contributed by atoms with Crippen molar-refractivity contribution in [1.29, 1.82) is 0 Å². The number of aromatic nitrogens is 2. The molecule has 2 N–H and O–H groups in total. The summed E-state index contributed by atoms with van der Waals surface area (Å²) in [5.41, 5.74) is 9.48. The van der Waals surface area contributed by atoms with Crippen molar-refractivity contribution < 1.29 is 4.39 Å². The molecule has 0 aliphatic carbocycles. The van der Waals surface area contributed by atoms with E-state index in [-0.39, 0.29) is 5.82 Å². The molecule has 2 aromatic carbocycles. The largest absolute Gasteiger partial charge is 0.330 e. The van der Waals surface area contributed by atoms with Gasteiger partial charge >= 0.3 is 0 Å². The zero-order valence-corrected chi connectivity index (χ0v) is 12.7. The molecule has 3 nitrogen and oxygen atoms in total. The average molecular weight is 297 g/mol. The topological polar surface area (TPSA) is 43.8 Å². The van der Waals surface area contributed by atoms with Crippen LogP contribution in [-0.2, 0) is 13.0 Å². The molecular weight excluding hydrogens is 277 g/mol. The lowest BCUT2D eigenvalue weighted by Gasteiger charge is -2.10. The summed E-state index contributed by atoms with van der Waals surface area (Å²) in [5, 5.41) is 0. The molecule has 0 bridgehead atoms. The van der Waals surface area contributed by atoms with Gasteiger partial charge in [0, 0.05) is 12.0 Å². The maximum atomic E-state index is 14.0. The van der Waals surface area contributed by atoms with Crippen LogP contribution in [0.1, 0.15) is 23.4 Å². The molecule has 0 spiro atoms. The number of hydrogen-bond donors (Lipinski definition) is 1. The Kier molecular flexibility index (Phi) is 4.20. The Balaban J connectivity index is 2.07. The Morgan fingerprint density at radius 2 is 2.00 bits per heavy atom. The van der Waals surface area contributed by atoms with Crippen LogP contribution in [0.2, 0.25) is 0 Å². The van der Waals surface area contributed by atoms with Gasteiger partial charge in [0.15, 0.2) is 0 Å². The first-order valence-corrected chi connectivity index (χ1v) is 7.58. The fraction of sp³-hybridized carbons (Fsp3) is 0.278. The van der Waals surface area contributed by atoms with Crippen LogP contribution in [-0.4, -0.2) is 16.1 Å². The van der Waals surface area contributed by atoms with Gasteiger partial charge in [-0.2, -0.15) is 0 Å². The van der Waals surface area contributed by atoms with Crippen LogP contribution in [0.5, 0.6) is 0 Å². The van der Waals surface area contributed by atoms with Crippen molar-refractivity contribution >= 4 is 11.0 Å². The molecule has 0 aliphatic rings. The van der Waals surface area contributed by atoms with Gasteiger partial charge < -0.3 is 10.3 Å². The first-order chi connectivity index (χ1) is 10.7. The Labute approximate surface area is 129 Å². The number of imidazole rings is 1. The normalized spacial score (nSPS) is 11.2. The van der Waals surface area contributed by atoms with Crippen molar-refractivity contribution in [3.05, 3.63) is 65.2 Å². The summed E-state index contributed by atoms with van der Waals surface area (Å²) in [7, 11) is 0. The molecule has 114 valence electrons. The lowest BCUT2D eigenvalue weighted by atomic mass is 10.2. The molecule has 0 saturated heterocycles. The average Bonchev–Trinajstić information content (AvgIpc) is 2.84. The van der Waals surface area contributed by atoms with Crippen LogP contribution in [0.25, 0.3) is 11.0 Å². The van der Waals surface area contributed by atoms with Gasteiger partial charge in [-0.1, -0.05) is 24.3 Å². The highest BCUT2D eigenvalue weighted by Gasteiger charge is 2.12. The van der Waals surface area contributed by atoms with Crippen LogP contribution in [0.3, 0.4) is 0 Å². The van der Waals surface area contributed by atoms with Gasteiger partial charge in [-0.05, 0) is 43.7 Å². The van der Waals surface area contributed by atoms with E-state index in [1.807, 2.05) is 12.1 Å². The van der Waals surface area contributed by atoms with E-state index in [4.69, 9.17) is 10.7 Å². The molecule has 0 saturated carbocycles. The third-order valence-corrected chi connectivity index (χ3v) is 3.87. The van der Waals surface area contributed by atoms with Crippen LogP contribution in [0.4, 0.5) is 4.39 Å². The Hall–Kier alpha value is -2.20. The smallest absolute Gasteiger partial charge is 0.128 e. The van der Waals surface area contributed by atoms with Crippen molar-refractivity contribution in [1.82, 2.24) is 9.55 Å². The fourth-order valence-corrected chi connectivity index (χ4v) is 2.71. The molecule has 0 aliphatic heterocycles. The van der Waals surface area contributed by atoms with Gasteiger partial charge in [0.1, 0.15) is 11.6 Å². The van der Waals surface area contributed by atoms with Gasteiger partial charge in [0.2, 0.25) is 0 Å². The number of halogens is 1. The number of aryl methyl sites for hydroxylation is 2. The molecule has 1 heterocycles. The van der Waals surface area contributed by atoms with Crippen molar-refractivity contribution in [2.24, 2.45) is 5.73 Å². The van der Waals surface area contributed by atoms with Gasteiger partial charge in [0.25, 0.3) is 0 Å². The van der Waals surface area contributed by atoms with E-state index in [0.717, 1.165) is 29.7 Å². The second-order valence-electron chi connectivity index (χ2n) is 5.59. The van der Waals surface area contributed by atoms with E-state index in [9.17, 15) is 4.39 Å². The molecule has 1 aromatic heterocycles. The molecular formula is C18H20FN3. The highest BCUT2D eigenvalue weighted by molar-refractivity contribution is 5.77. The number of fused-ring (bicyclic) bond motifs is 1. The van der Waals surface area contributed by atoms with Crippen LogP contribution in [0.15, 0.2) is 42.5 Å². The van der Waals surface area contributed by atoms with Crippen LogP contribution < -0.4 is 5.73 Å². The van der Waals surface area contributed by atoms with E-state index >= 15 is 0 Å². The molecule has 3 aromatic rings. The summed E-state index contributed by atoms with van der Waals surface area (Å²) in [4.78, 5) is 4.72. The summed E-state index contributed by atoms with van der Waals surface area (Å²) in [6.45, 7) is 3.17. The Morgan fingerprint density at radius 3 is 2.77 bits per heavy atom. The fourth-order valence-electron chi connectivity index (χ4n) is 2.71. The van der Waals surface area contributed by atoms with Gasteiger partial charge in [-0.15, -0.1) is 0 Å². The maximum Gasteiger partial charge on any atom is 0.128 e. The number of rotatable bonds is 5. The van der Waals surface area contributed by atoms with Crippen molar-refractivity contribution in [3.63, 3.8) is 0 Å². The van der Waals surface area contributed by atoms with Crippen molar-refractivity contribution in [2.75, 3.05) is 6.54 Å². The second kappa shape index (κ2) is 6.28. The first-order valence-electron chi connectivity index (χ1n) is 7.58. The third-order valence-electron chi connectivity index (χ3n) is 3.87. The zero-order valence-electron chi connectivity index (χ0n) is 12.7. The number of benzene rings is 2. The lowest BCUT2D eigenvalue weighted by Crippen LogP contribution is -2.09. The number of nitrogens with zero attached hydrogens (tertiary/aromatic N) is 2.